The van der Waals surface area contributed by atoms with Crippen LogP contribution in [0.4, 0.5) is 25.8 Å². The minimum absolute atomic E-state index is 0.191. The third kappa shape index (κ3) is 3.03. The molecule has 0 atom stereocenters. The first-order valence-corrected chi connectivity index (χ1v) is 5.70. The number of halogens is 2. The summed E-state index contributed by atoms with van der Waals surface area (Å²) in [5.41, 5.74) is 6.92. The van der Waals surface area contributed by atoms with Gasteiger partial charge in [0.25, 0.3) is 0 Å². The summed E-state index contributed by atoms with van der Waals surface area (Å²) in [6.45, 7) is 0. The zero-order valence-corrected chi connectivity index (χ0v) is 10.6. The number of anilines is 3. The van der Waals surface area contributed by atoms with Crippen LogP contribution in [0, 0.1) is 11.6 Å². The molecule has 0 aromatic heterocycles. The second-order valence-corrected chi connectivity index (χ2v) is 4.08. The Morgan fingerprint density at radius 1 is 1.15 bits per heavy atom. The number of nitrogens with two attached hydrogens (primary N) is 1. The topological polar surface area (TPSA) is 64.3 Å². The minimum Gasteiger partial charge on any atom is -0.465 e. The van der Waals surface area contributed by atoms with Crippen molar-refractivity contribution in [1.29, 1.82) is 0 Å². The molecule has 0 aliphatic heterocycles. The summed E-state index contributed by atoms with van der Waals surface area (Å²) >= 11 is 0. The lowest BCUT2D eigenvalue weighted by atomic mass is 10.1. The molecule has 0 saturated carbocycles. The number of methoxy groups -OCH3 is 1. The Bertz CT molecular complexity index is 639. The molecule has 0 spiro atoms. The molecule has 104 valence electrons. The fraction of sp³-hybridized carbons (Fsp3) is 0.0714. The van der Waals surface area contributed by atoms with E-state index in [1.54, 1.807) is 0 Å². The van der Waals surface area contributed by atoms with Gasteiger partial charge in [-0.25, -0.2) is 13.6 Å². The van der Waals surface area contributed by atoms with Crippen molar-refractivity contribution in [2.24, 2.45) is 0 Å². The first kappa shape index (κ1) is 13.8. The summed E-state index contributed by atoms with van der Waals surface area (Å²) < 4.78 is 30.8. The molecule has 0 bridgehead atoms. The second kappa shape index (κ2) is 5.56. The maximum Gasteiger partial charge on any atom is 0.337 e. The molecule has 0 radical (unpaired) electrons. The number of hydrogen-bond donors (Lipinski definition) is 2. The number of ether oxygens (including phenoxy) is 1. The lowest BCUT2D eigenvalue weighted by Gasteiger charge is -2.11. The van der Waals surface area contributed by atoms with E-state index in [2.05, 4.69) is 10.1 Å². The second-order valence-electron chi connectivity index (χ2n) is 4.08. The summed E-state index contributed by atoms with van der Waals surface area (Å²) in [5, 5.41) is 2.76. The van der Waals surface area contributed by atoms with Crippen LogP contribution in [-0.4, -0.2) is 13.1 Å². The Hall–Kier alpha value is -2.63. The molecule has 0 fully saturated rings. The summed E-state index contributed by atoms with van der Waals surface area (Å²) in [5.74, 6) is -1.95. The van der Waals surface area contributed by atoms with E-state index in [1.165, 1.54) is 25.3 Å². The number of benzene rings is 2. The fourth-order valence-electron chi connectivity index (χ4n) is 1.69. The van der Waals surface area contributed by atoms with Gasteiger partial charge < -0.3 is 15.8 Å². The van der Waals surface area contributed by atoms with E-state index in [0.29, 0.717) is 11.4 Å². The van der Waals surface area contributed by atoms with Crippen molar-refractivity contribution >= 4 is 23.0 Å². The van der Waals surface area contributed by atoms with E-state index < -0.39 is 17.6 Å². The van der Waals surface area contributed by atoms with Crippen LogP contribution in [0.5, 0.6) is 0 Å². The molecule has 2 rings (SSSR count). The average Bonchev–Trinajstić information content (AvgIpc) is 2.39. The minimum atomic E-state index is -0.713. The number of nitrogens with one attached hydrogen (secondary N) is 1. The van der Waals surface area contributed by atoms with Gasteiger partial charge in [-0.3, -0.25) is 0 Å². The van der Waals surface area contributed by atoms with Crippen LogP contribution in [0.25, 0.3) is 0 Å². The predicted molar refractivity (Wildman–Crippen MR) is 71.8 cm³/mol. The van der Waals surface area contributed by atoms with Gasteiger partial charge in [-0.05, 0) is 30.3 Å². The molecule has 3 N–H and O–H groups in total. The van der Waals surface area contributed by atoms with Crippen LogP contribution >= 0.6 is 0 Å². The zero-order chi connectivity index (χ0) is 14.7. The molecule has 0 aliphatic rings. The van der Waals surface area contributed by atoms with Crippen molar-refractivity contribution in [3.63, 3.8) is 0 Å². The van der Waals surface area contributed by atoms with Gasteiger partial charge in [0.2, 0.25) is 0 Å². The Morgan fingerprint density at radius 2 is 1.80 bits per heavy atom. The van der Waals surface area contributed by atoms with E-state index in [-0.39, 0.29) is 11.3 Å². The van der Waals surface area contributed by atoms with Crippen LogP contribution < -0.4 is 11.1 Å². The van der Waals surface area contributed by atoms with Crippen LogP contribution in [0.15, 0.2) is 36.4 Å². The molecule has 0 unspecified atom stereocenters. The zero-order valence-electron chi connectivity index (χ0n) is 10.6. The predicted octanol–water partition coefficient (Wildman–Crippen LogP) is 3.08. The third-order valence-corrected chi connectivity index (χ3v) is 2.62. The Labute approximate surface area is 114 Å². The standard InChI is InChI=1S/C14H12F2N2O2/c1-20-14(19)8-2-3-12(17)13(4-8)18-11-6-9(15)5-10(16)7-11/h2-7,18H,17H2,1H3. The highest BCUT2D eigenvalue weighted by Crippen LogP contribution is 2.25. The van der Waals surface area contributed by atoms with Crippen molar-refractivity contribution in [3.05, 3.63) is 53.6 Å². The number of hydrogen-bond acceptors (Lipinski definition) is 4. The SMILES string of the molecule is COC(=O)c1ccc(N)c(Nc2cc(F)cc(F)c2)c1. The Kier molecular flexibility index (Phi) is 3.84. The molecular weight excluding hydrogens is 266 g/mol. The van der Waals surface area contributed by atoms with E-state index in [9.17, 15) is 13.6 Å². The van der Waals surface area contributed by atoms with Crippen LogP contribution in [0.2, 0.25) is 0 Å². The molecule has 2 aromatic rings. The molecule has 4 nitrogen and oxygen atoms in total. The number of rotatable bonds is 3. The molecule has 6 heteroatoms. The van der Waals surface area contributed by atoms with Crippen LogP contribution in [0.1, 0.15) is 10.4 Å². The lowest BCUT2D eigenvalue weighted by Crippen LogP contribution is -2.04. The highest BCUT2D eigenvalue weighted by molar-refractivity contribution is 5.92. The normalized spacial score (nSPS) is 10.2. The monoisotopic (exact) mass is 278 g/mol. The van der Waals surface area contributed by atoms with Gasteiger partial charge in [0.1, 0.15) is 11.6 Å². The van der Waals surface area contributed by atoms with Gasteiger partial charge >= 0.3 is 5.97 Å². The average molecular weight is 278 g/mol. The van der Waals surface area contributed by atoms with E-state index in [0.717, 1.165) is 18.2 Å². The highest BCUT2D eigenvalue weighted by Gasteiger charge is 2.09. The molecular formula is C14H12F2N2O2. The van der Waals surface area contributed by atoms with Crippen LogP contribution in [0.3, 0.4) is 0 Å². The van der Waals surface area contributed by atoms with Crippen molar-refractivity contribution in [1.82, 2.24) is 0 Å². The van der Waals surface area contributed by atoms with Crippen molar-refractivity contribution < 1.29 is 18.3 Å². The molecule has 0 saturated heterocycles. The maximum atomic E-state index is 13.1. The van der Waals surface area contributed by atoms with E-state index in [4.69, 9.17) is 5.73 Å². The fourth-order valence-corrected chi connectivity index (χ4v) is 1.69. The van der Waals surface area contributed by atoms with Crippen LogP contribution in [-0.2, 0) is 4.74 Å². The van der Waals surface area contributed by atoms with Gasteiger partial charge in [-0.2, -0.15) is 0 Å². The molecule has 0 aliphatic carbocycles. The van der Waals surface area contributed by atoms with Crippen molar-refractivity contribution in [2.75, 3.05) is 18.2 Å². The van der Waals surface area contributed by atoms with Gasteiger partial charge in [-0.1, -0.05) is 0 Å². The number of esters is 1. The first-order chi connectivity index (χ1) is 9.49. The smallest absolute Gasteiger partial charge is 0.337 e. The molecule has 20 heavy (non-hydrogen) atoms. The summed E-state index contributed by atoms with van der Waals surface area (Å²) in [7, 11) is 1.26. The number of nitrogen functional groups attached to an aromatic ring is 1. The third-order valence-electron chi connectivity index (χ3n) is 2.62. The Morgan fingerprint density at radius 3 is 2.40 bits per heavy atom. The molecule has 0 amide bonds. The van der Waals surface area contributed by atoms with Gasteiger partial charge in [-0.15, -0.1) is 0 Å². The first-order valence-electron chi connectivity index (χ1n) is 5.70. The van der Waals surface area contributed by atoms with Crippen molar-refractivity contribution in [3.8, 4) is 0 Å². The Balaban J connectivity index is 2.34. The van der Waals surface area contributed by atoms with Gasteiger partial charge in [0.15, 0.2) is 0 Å². The molecule has 0 heterocycles. The highest BCUT2D eigenvalue weighted by atomic mass is 19.1. The quantitative estimate of drug-likeness (QED) is 0.669. The van der Waals surface area contributed by atoms with Gasteiger partial charge in [0.05, 0.1) is 24.0 Å². The summed E-state index contributed by atoms with van der Waals surface area (Å²) in [6.07, 6.45) is 0. The van der Waals surface area contributed by atoms with E-state index in [1.807, 2.05) is 0 Å². The van der Waals surface area contributed by atoms with Gasteiger partial charge in [0, 0.05) is 11.8 Å². The summed E-state index contributed by atoms with van der Waals surface area (Å²) in [4.78, 5) is 11.4. The number of carbonyl (C=O) groups is 1. The summed E-state index contributed by atoms with van der Waals surface area (Å²) in [6, 6.07) is 7.45. The number of carbonyl (C=O) groups excluding carboxylic acids is 1. The lowest BCUT2D eigenvalue weighted by molar-refractivity contribution is 0.0601. The van der Waals surface area contributed by atoms with Crippen molar-refractivity contribution in [2.45, 2.75) is 0 Å². The largest absolute Gasteiger partial charge is 0.465 e. The molecule has 2 aromatic carbocycles. The van der Waals surface area contributed by atoms with E-state index >= 15 is 0 Å². The maximum absolute atomic E-state index is 13.1.